The molecule has 0 radical (unpaired) electrons. The molecule has 0 saturated carbocycles. The Morgan fingerprint density at radius 3 is 2.53 bits per heavy atom. The molecular weight excluding hydrogens is 461 g/mol. The molecule has 1 atom stereocenters. The topological polar surface area (TPSA) is 94.6 Å². The zero-order valence-electron chi connectivity index (χ0n) is 20.7. The van der Waals surface area contributed by atoms with E-state index < -0.39 is 17.8 Å². The molecule has 1 unspecified atom stereocenters. The maximum absolute atomic E-state index is 14.0. The first kappa shape index (κ1) is 26.8. The summed E-state index contributed by atoms with van der Waals surface area (Å²) in [6.45, 7) is 8.15. The molecule has 1 saturated heterocycles. The van der Waals surface area contributed by atoms with Gasteiger partial charge in [-0.1, -0.05) is 30.8 Å². The van der Waals surface area contributed by atoms with Gasteiger partial charge < -0.3 is 20.4 Å². The number of pyridine rings is 1. The average Bonchev–Trinajstić information content (AvgIpc) is 2.88. The summed E-state index contributed by atoms with van der Waals surface area (Å²) in [5.74, 6) is -0.362. The van der Waals surface area contributed by atoms with Gasteiger partial charge in [0, 0.05) is 38.4 Å². The van der Waals surface area contributed by atoms with Gasteiger partial charge in [0.1, 0.15) is 17.7 Å². The summed E-state index contributed by atoms with van der Waals surface area (Å²) in [4.78, 5) is 45.9. The lowest BCUT2D eigenvalue weighted by atomic mass is 10.1. The number of hydrogen-bond donors (Lipinski definition) is 2. The number of amides is 3. The molecular formula is C27H34FN5O3. The Bertz CT molecular complexity index is 1070. The van der Waals surface area contributed by atoms with Crippen LogP contribution in [0.4, 0.5) is 10.2 Å². The molecule has 8 nitrogen and oxygen atoms in total. The van der Waals surface area contributed by atoms with Crippen molar-refractivity contribution >= 4 is 23.5 Å². The van der Waals surface area contributed by atoms with Crippen molar-refractivity contribution in [3.8, 4) is 0 Å². The highest BCUT2D eigenvalue weighted by Crippen LogP contribution is 2.16. The molecule has 3 amide bonds. The molecule has 1 aromatic carbocycles. The predicted octanol–water partition coefficient (Wildman–Crippen LogP) is 2.38. The molecule has 2 aromatic rings. The number of rotatable bonds is 11. The molecule has 0 spiro atoms. The summed E-state index contributed by atoms with van der Waals surface area (Å²) in [5, 5.41) is 5.53. The fraction of sp³-hybridized carbons (Fsp3) is 0.407. The SMILES string of the molecule is C=CC(=O)NCCCCC(NC(=O)Cc1ccccc1F)C(=O)N1CCN(c2cccc(C)n2)CC1. The molecule has 2 heterocycles. The Kier molecular flexibility index (Phi) is 9.97. The largest absolute Gasteiger partial charge is 0.353 e. The highest BCUT2D eigenvalue weighted by atomic mass is 19.1. The number of unbranched alkanes of at least 4 members (excludes halogenated alkanes) is 1. The lowest BCUT2D eigenvalue weighted by molar-refractivity contribution is -0.136. The Balaban J connectivity index is 1.59. The van der Waals surface area contributed by atoms with Crippen LogP contribution in [0.1, 0.15) is 30.5 Å². The van der Waals surface area contributed by atoms with E-state index in [2.05, 4.69) is 27.1 Å². The van der Waals surface area contributed by atoms with Crippen LogP contribution in [0.25, 0.3) is 0 Å². The maximum Gasteiger partial charge on any atom is 0.245 e. The third-order valence-corrected chi connectivity index (χ3v) is 6.14. The van der Waals surface area contributed by atoms with Crippen LogP contribution in [-0.4, -0.2) is 66.4 Å². The lowest BCUT2D eigenvalue weighted by Crippen LogP contribution is -2.55. The Morgan fingerprint density at radius 1 is 1.08 bits per heavy atom. The smallest absolute Gasteiger partial charge is 0.245 e. The number of benzene rings is 1. The Labute approximate surface area is 211 Å². The molecule has 0 aliphatic carbocycles. The second-order valence-corrected chi connectivity index (χ2v) is 8.83. The second-order valence-electron chi connectivity index (χ2n) is 8.83. The maximum atomic E-state index is 14.0. The summed E-state index contributed by atoms with van der Waals surface area (Å²) in [6, 6.07) is 11.3. The Morgan fingerprint density at radius 2 is 1.83 bits per heavy atom. The third-order valence-electron chi connectivity index (χ3n) is 6.14. The normalized spacial score (nSPS) is 14.2. The first-order valence-electron chi connectivity index (χ1n) is 12.3. The van der Waals surface area contributed by atoms with E-state index in [0.29, 0.717) is 52.0 Å². The monoisotopic (exact) mass is 495 g/mol. The van der Waals surface area contributed by atoms with Gasteiger partial charge in [0.2, 0.25) is 17.7 Å². The summed E-state index contributed by atoms with van der Waals surface area (Å²) < 4.78 is 14.0. The number of halogens is 1. The number of carbonyl (C=O) groups excluding carboxylic acids is 3. The standard InChI is InChI=1S/C27H34FN5O3/c1-3-25(34)29-14-7-6-12-23(31-26(35)19-21-10-4-5-11-22(21)28)27(36)33-17-15-32(16-18-33)24-13-8-9-20(2)30-24/h3-5,8-11,13,23H,1,6-7,12,14-19H2,2H3,(H,29,34)(H,31,35). The minimum atomic E-state index is -0.719. The van der Waals surface area contributed by atoms with Crippen LogP contribution in [0.3, 0.4) is 0 Å². The highest BCUT2D eigenvalue weighted by molar-refractivity contribution is 5.88. The fourth-order valence-corrected chi connectivity index (χ4v) is 4.16. The van der Waals surface area contributed by atoms with Crippen LogP contribution >= 0.6 is 0 Å². The van der Waals surface area contributed by atoms with Crippen molar-refractivity contribution in [3.63, 3.8) is 0 Å². The van der Waals surface area contributed by atoms with Crippen molar-refractivity contribution < 1.29 is 18.8 Å². The van der Waals surface area contributed by atoms with Gasteiger partial charge in [0.15, 0.2) is 0 Å². The molecule has 36 heavy (non-hydrogen) atoms. The number of nitrogens with one attached hydrogen (secondary N) is 2. The van der Waals surface area contributed by atoms with E-state index in [1.807, 2.05) is 25.1 Å². The van der Waals surface area contributed by atoms with E-state index in [9.17, 15) is 18.8 Å². The summed E-state index contributed by atoms with van der Waals surface area (Å²) >= 11 is 0. The number of nitrogens with zero attached hydrogens (tertiary/aromatic N) is 3. The molecule has 9 heteroatoms. The van der Waals surface area contributed by atoms with Gasteiger partial charge >= 0.3 is 0 Å². The van der Waals surface area contributed by atoms with Gasteiger partial charge in [-0.3, -0.25) is 14.4 Å². The molecule has 1 fully saturated rings. The van der Waals surface area contributed by atoms with Gasteiger partial charge in [0.25, 0.3) is 0 Å². The van der Waals surface area contributed by atoms with Gasteiger partial charge in [-0.05, 0) is 56.0 Å². The molecule has 192 valence electrons. The molecule has 1 aliphatic heterocycles. The van der Waals surface area contributed by atoms with Crippen LogP contribution in [0.15, 0.2) is 55.1 Å². The van der Waals surface area contributed by atoms with E-state index in [4.69, 9.17) is 0 Å². The minimum Gasteiger partial charge on any atom is -0.353 e. The lowest BCUT2D eigenvalue weighted by Gasteiger charge is -2.37. The van der Waals surface area contributed by atoms with Gasteiger partial charge in [-0.15, -0.1) is 0 Å². The summed E-state index contributed by atoms with van der Waals surface area (Å²) in [6.07, 6.45) is 2.77. The van der Waals surface area contributed by atoms with E-state index in [0.717, 1.165) is 11.5 Å². The first-order valence-corrected chi connectivity index (χ1v) is 12.3. The van der Waals surface area contributed by atoms with Crippen molar-refractivity contribution in [2.75, 3.05) is 37.6 Å². The third kappa shape index (κ3) is 7.90. The average molecular weight is 496 g/mol. The van der Waals surface area contributed by atoms with Gasteiger partial charge in [-0.2, -0.15) is 0 Å². The second kappa shape index (κ2) is 13.4. The predicted molar refractivity (Wildman–Crippen MR) is 137 cm³/mol. The van der Waals surface area contributed by atoms with Crippen molar-refractivity contribution in [1.82, 2.24) is 20.5 Å². The number of hydrogen-bond acceptors (Lipinski definition) is 5. The van der Waals surface area contributed by atoms with E-state index in [1.165, 1.54) is 12.1 Å². The molecule has 1 aromatic heterocycles. The number of piperazine rings is 1. The number of aryl methyl sites for hydroxylation is 1. The molecule has 3 rings (SSSR count). The zero-order valence-corrected chi connectivity index (χ0v) is 20.7. The summed E-state index contributed by atoms with van der Waals surface area (Å²) in [5.41, 5.74) is 1.22. The first-order chi connectivity index (χ1) is 17.4. The quantitative estimate of drug-likeness (QED) is 0.369. The van der Waals surface area contributed by atoms with Crippen LogP contribution < -0.4 is 15.5 Å². The van der Waals surface area contributed by atoms with Crippen LogP contribution in [0.2, 0.25) is 0 Å². The van der Waals surface area contributed by atoms with Crippen molar-refractivity contribution in [1.29, 1.82) is 0 Å². The highest BCUT2D eigenvalue weighted by Gasteiger charge is 2.29. The number of aromatic nitrogens is 1. The number of anilines is 1. The summed E-state index contributed by atoms with van der Waals surface area (Å²) in [7, 11) is 0. The van der Waals surface area contributed by atoms with Crippen LogP contribution in [0.5, 0.6) is 0 Å². The van der Waals surface area contributed by atoms with Crippen molar-refractivity contribution in [2.45, 2.75) is 38.6 Å². The van der Waals surface area contributed by atoms with Crippen molar-refractivity contribution in [2.24, 2.45) is 0 Å². The molecule has 2 N–H and O–H groups in total. The van der Waals surface area contributed by atoms with Crippen LogP contribution in [0, 0.1) is 12.7 Å². The zero-order chi connectivity index (χ0) is 25.9. The Hall–Kier alpha value is -3.75. The molecule has 1 aliphatic rings. The van der Waals surface area contributed by atoms with E-state index >= 15 is 0 Å². The van der Waals surface area contributed by atoms with Gasteiger partial charge in [-0.25, -0.2) is 9.37 Å². The van der Waals surface area contributed by atoms with E-state index in [1.54, 1.807) is 23.1 Å². The minimum absolute atomic E-state index is 0.140. The van der Waals surface area contributed by atoms with Crippen molar-refractivity contribution in [3.05, 3.63) is 72.2 Å². The van der Waals surface area contributed by atoms with Crippen LogP contribution in [-0.2, 0) is 20.8 Å². The van der Waals surface area contributed by atoms with E-state index in [-0.39, 0.29) is 23.8 Å². The molecule has 0 bridgehead atoms. The van der Waals surface area contributed by atoms with Gasteiger partial charge in [0.05, 0.1) is 6.42 Å². The fourth-order valence-electron chi connectivity index (χ4n) is 4.16. The number of carbonyl (C=O) groups is 3.